The molecule has 0 bridgehead atoms. The zero-order valence-electron chi connectivity index (χ0n) is 11.3. The Labute approximate surface area is 120 Å². The van der Waals surface area contributed by atoms with E-state index in [0.29, 0.717) is 18.0 Å². The normalized spacial score (nSPS) is 15.2. The fraction of sp³-hybridized carbons (Fsp3) is 0.500. The molecule has 1 aliphatic rings. The van der Waals surface area contributed by atoms with Crippen LogP contribution in [0.2, 0.25) is 0 Å². The molecule has 0 saturated heterocycles. The number of ether oxygens (including phenoxy) is 1. The number of aliphatic carboxylic acids is 1. The minimum absolute atomic E-state index is 0.124. The Morgan fingerprint density at radius 1 is 1.38 bits per heavy atom. The zero-order valence-corrected chi connectivity index (χ0v) is 11.3. The second kappa shape index (κ2) is 6.34. The number of benzene rings is 1. The van der Waals surface area contributed by atoms with E-state index in [1.54, 1.807) is 11.0 Å². The summed E-state index contributed by atoms with van der Waals surface area (Å²) in [6.07, 6.45) is -2.58. The highest BCUT2D eigenvalue weighted by Gasteiger charge is 2.31. The van der Waals surface area contributed by atoms with Crippen molar-refractivity contribution in [2.24, 2.45) is 5.92 Å². The van der Waals surface area contributed by atoms with Crippen molar-refractivity contribution in [1.29, 1.82) is 0 Å². The van der Waals surface area contributed by atoms with Gasteiger partial charge in [-0.15, -0.1) is 13.2 Å². The van der Waals surface area contributed by atoms with Gasteiger partial charge in [-0.1, -0.05) is 12.1 Å². The molecule has 21 heavy (non-hydrogen) atoms. The smallest absolute Gasteiger partial charge is 0.480 e. The number of carboxylic acids is 1. The molecule has 0 unspecified atom stereocenters. The van der Waals surface area contributed by atoms with Crippen molar-refractivity contribution in [2.75, 3.05) is 13.1 Å². The SMILES string of the molecule is O=C(O)CN(Cc1cccc(OC(F)(F)F)c1)CC1CC1. The van der Waals surface area contributed by atoms with Crippen LogP contribution in [-0.4, -0.2) is 35.4 Å². The quantitative estimate of drug-likeness (QED) is 0.841. The van der Waals surface area contributed by atoms with E-state index in [1.165, 1.54) is 18.2 Å². The van der Waals surface area contributed by atoms with Crippen molar-refractivity contribution in [1.82, 2.24) is 4.90 Å². The maximum absolute atomic E-state index is 12.2. The number of halogens is 3. The molecular weight excluding hydrogens is 287 g/mol. The van der Waals surface area contributed by atoms with Gasteiger partial charge in [0.2, 0.25) is 0 Å². The molecule has 0 radical (unpaired) electrons. The van der Waals surface area contributed by atoms with E-state index < -0.39 is 12.3 Å². The van der Waals surface area contributed by atoms with Crippen LogP contribution in [0.25, 0.3) is 0 Å². The summed E-state index contributed by atoms with van der Waals surface area (Å²) in [7, 11) is 0. The number of hydrogen-bond acceptors (Lipinski definition) is 3. The van der Waals surface area contributed by atoms with E-state index in [1.807, 2.05) is 0 Å². The van der Waals surface area contributed by atoms with Gasteiger partial charge in [0.05, 0.1) is 6.54 Å². The molecule has 1 aromatic carbocycles. The van der Waals surface area contributed by atoms with Gasteiger partial charge < -0.3 is 9.84 Å². The third-order valence-electron chi connectivity index (χ3n) is 3.11. The lowest BCUT2D eigenvalue weighted by atomic mass is 10.2. The highest BCUT2D eigenvalue weighted by atomic mass is 19.4. The molecule has 0 atom stereocenters. The molecule has 0 heterocycles. The second-order valence-electron chi connectivity index (χ2n) is 5.20. The van der Waals surface area contributed by atoms with Crippen LogP contribution in [0.15, 0.2) is 24.3 Å². The standard InChI is InChI=1S/C14H16F3NO3/c15-14(16,17)21-12-3-1-2-11(6-12)8-18(9-13(19)20)7-10-4-5-10/h1-3,6,10H,4-5,7-9H2,(H,19,20). The first-order valence-electron chi connectivity index (χ1n) is 6.60. The molecule has 0 amide bonds. The predicted molar refractivity (Wildman–Crippen MR) is 68.8 cm³/mol. The van der Waals surface area contributed by atoms with Gasteiger partial charge in [-0.3, -0.25) is 9.69 Å². The molecule has 2 rings (SSSR count). The molecule has 1 fully saturated rings. The Morgan fingerprint density at radius 3 is 2.67 bits per heavy atom. The second-order valence-corrected chi connectivity index (χ2v) is 5.20. The van der Waals surface area contributed by atoms with E-state index in [9.17, 15) is 18.0 Å². The first-order chi connectivity index (χ1) is 9.82. The first kappa shape index (κ1) is 15.6. The maximum Gasteiger partial charge on any atom is 0.573 e. The summed E-state index contributed by atoms with van der Waals surface area (Å²) in [6, 6.07) is 5.63. The lowest BCUT2D eigenvalue weighted by Gasteiger charge is -2.20. The average molecular weight is 303 g/mol. The lowest BCUT2D eigenvalue weighted by molar-refractivity contribution is -0.274. The van der Waals surface area contributed by atoms with E-state index in [2.05, 4.69) is 4.74 Å². The van der Waals surface area contributed by atoms with Crippen molar-refractivity contribution in [2.45, 2.75) is 25.7 Å². The average Bonchev–Trinajstić information content (AvgIpc) is 3.09. The molecule has 1 aromatic rings. The molecule has 7 heteroatoms. The minimum Gasteiger partial charge on any atom is -0.480 e. The number of carboxylic acid groups (broad SMARTS) is 1. The van der Waals surface area contributed by atoms with Crippen molar-refractivity contribution in [3.05, 3.63) is 29.8 Å². The highest BCUT2D eigenvalue weighted by molar-refractivity contribution is 5.69. The van der Waals surface area contributed by atoms with Gasteiger partial charge in [0.1, 0.15) is 5.75 Å². The van der Waals surface area contributed by atoms with E-state index in [4.69, 9.17) is 5.11 Å². The van der Waals surface area contributed by atoms with E-state index >= 15 is 0 Å². The third-order valence-corrected chi connectivity index (χ3v) is 3.11. The fourth-order valence-corrected chi connectivity index (χ4v) is 2.14. The number of rotatable bonds is 7. The summed E-state index contributed by atoms with van der Waals surface area (Å²) >= 11 is 0. The van der Waals surface area contributed by atoms with Crippen LogP contribution >= 0.6 is 0 Å². The van der Waals surface area contributed by atoms with Crippen LogP contribution in [0.1, 0.15) is 18.4 Å². The largest absolute Gasteiger partial charge is 0.573 e. The Bertz CT molecular complexity index is 500. The summed E-state index contributed by atoms with van der Waals surface area (Å²) in [5.41, 5.74) is 0.596. The van der Waals surface area contributed by atoms with Crippen LogP contribution in [0.4, 0.5) is 13.2 Å². The van der Waals surface area contributed by atoms with Crippen LogP contribution < -0.4 is 4.74 Å². The number of alkyl halides is 3. The summed E-state index contributed by atoms with van der Waals surface area (Å²) < 4.78 is 40.4. The molecule has 4 nitrogen and oxygen atoms in total. The molecule has 1 N–H and O–H groups in total. The number of nitrogens with zero attached hydrogens (tertiary/aromatic N) is 1. The van der Waals surface area contributed by atoms with Crippen molar-refractivity contribution in [3.8, 4) is 5.75 Å². The van der Waals surface area contributed by atoms with Crippen LogP contribution in [-0.2, 0) is 11.3 Å². The maximum atomic E-state index is 12.2. The minimum atomic E-state index is -4.73. The van der Waals surface area contributed by atoms with Gasteiger partial charge >= 0.3 is 12.3 Å². The highest BCUT2D eigenvalue weighted by Crippen LogP contribution is 2.30. The van der Waals surface area contributed by atoms with Crippen molar-refractivity contribution < 1.29 is 27.8 Å². The molecule has 0 aromatic heterocycles. The Morgan fingerprint density at radius 2 is 2.10 bits per heavy atom. The fourth-order valence-electron chi connectivity index (χ4n) is 2.14. The monoisotopic (exact) mass is 303 g/mol. The Hall–Kier alpha value is -1.76. The van der Waals surface area contributed by atoms with Crippen LogP contribution in [0.3, 0.4) is 0 Å². The van der Waals surface area contributed by atoms with Gasteiger partial charge in [-0.05, 0) is 36.5 Å². The van der Waals surface area contributed by atoms with E-state index in [0.717, 1.165) is 12.8 Å². The molecule has 1 saturated carbocycles. The van der Waals surface area contributed by atoms with Gasteiger partial charge in [-0.2, -0.15) is 0 Å². The summed E-state index contributed by atoms with van der Waals surface area (Å²) in [5.74, 6) is -0.737. The molecule has 0 aliphatic heterocycles. The lowest BCUT2D eigenvalue weighted by Crippen LogP contribution is -2.31. The number of carbonyl (C=O) groups is 1. The van der Waals surface area contributed by atoms with Crippen molar-refractivity contribution >= 4 is 5.97 Å². The summed E-state index contributed by atoms with van der Waals surface area (Å²) in [6.45, 7) is 0.815. The molecule has 1 aliphatic carbocycles. The van der Waals surface area contributed by atoms with Crippen LogP contribution in [0, 0.1) is 5.92 Å². The molecule has 0 spiro atoms. The van der Waals surface area contributed by atoms with E-state index in [-0.39, 0.29) is 18.8 Å². The van der Waals surface area contributed by atoms with Gasteiger partial charge in [0.15, 0.2) is 0 Å². The van der Waals surface area contributed by atoms with Crippen LogP contribution in [0.5, 0.6) is 5.75 Å². The Balaban J connectivity index is 2.01. The van der Waals surface area contributed by atoms with Crippen molar-refractivity contribution in [3.63, 3.8) is 0 Å². The van der Waals surface area contributed by atoms with Gasteiger partial charge in [0, 0.05) is 13.1 Å². The Kier molecular flexibility index (Phi) is 4.72. The summed E-state index contributed by atoms with van der Waals surface area (Å²) in [5, 5.41) is 8.89. The number of hydrogen-bond donors (Lipinski definition) is 1. The van der Waals surface area contributed by atoms with Gasteiger partial charge in [-0.25, -0.2) is 0 Å². The molecular formula is C14H16F3NO3. The third kappa shape index (κ3) is 6.03. The zero-order chi connectivity index (χ0) is 15.5. The van der Waals surface area contributed by atoms with Gasteiger partial charge in [0.25, 0.3) is 0 Å². The first-order valence-corrected chi connectivity index (χ1v) is 6.60. The summed E-state index contributed by atoms with van der Waals surface area (Å²) in [4.78, 5) is 12.6. The topological polar surface area (TPSA) is 49.8 Å². The predicted octanol–water partition coefficient (Wildman–Crippen LogP) is 2.88. The molecule has 116 valence electrons.